The second-order valence-electron chi connectivity index (χ2n) is 2.50. The lowest BCUT2D eigenvalue weighted by Crippen LogP contribution is -2.27. The highest BCUT2D eigenvalue weighted by Crippen LogP contribution is 2.30. The maximum absolute atomic E-state index is 9.21. The smallest absolute Gasteiger partial charge is 0.232 e. The van der Waals surface area contributed by atoms with Crippen LogP contribution in [0.2, 0.25) is 0 Å². The van der Waals surface area contributed by atoms with E-state index >= 15 is 0 Å². The largest absolute Gasteiger partial charge is 0.285 e. The molecule has 68 valence electrons. The van der Waals surface area contributed by atoms with E-state index in [-0.39, 0.29) is 0 Å². The van der Waals surface area contributed by atoms with Crippen LogP contribution in [0.25, 0.3) is 10.9 Å². The van der Waals surface area contributed by atoms with Crippen LogP contribution in [0.3, 0.4) is 0 Å². The molecule has 0 radical (unpaired) electrons. The van der Waals surface area contributed by atoms with Crippen molar-refractivity contribution >= 4 is 57.2 Å². The van der Waals surface area contributed by atoms with E-state index in [1.54, 1.807) is 21.5 Å². The first-order chi connectivity index (χ1) is 6.22. The predicted molar refractivity (Wildman–Crippen MR) is 64.0 cm³/mol. The van der Waals surface area contributed by atoms with Crippen molar-refractivity contribution < 1.29 is 9.94 Å². The van der Waals surface area contributed by atoms with E-state index in [2.05, 4.69) is 37.1 Å². The zero-order valence-corrected chi connectivity index (χ0v) is 10.9. The molecule has 0 saturated carbocycles. The Morgan fingerprint density at radius 2 is 2.38 bits per heavy atom. The SMILES string of the molecule is O[n+]1ccc2c(c1)c(Br)cn2SI. The molecule has 0 atom stereocenters. The molecular formula is C7H5BrIN2OS+. The van der Waals surface area contributed by atoms with Crippen LogP contribution in [0.15, 0.2) is 29.1 Å². The van der Waals surface area contributed by atoms with Gasteiger partial charge in [-0.05, 0) is 15.9 Å². The van der Waals surface area contributed by atoms with Gasteiger partial charge in [-0.15, -0.1) is 0 Å². The molecule has 0 aliphatic carbocycles. The zero-order chi connectivity index (χ0) is 9.42. The number of hydrogen-bond donors (Lipinski definition) is 1. The maximum atomic E-state index is 9.21. The summed E-state index contributed by atoms with van der Waals surface area (Å²) in [6, 6.07) is 1.87. The average Bonchev–Trinajstić information content (AvgIpc) is 2.43. The number of pyridine rings is 1. The number of rotatable bonds is 1. The van der Waals surface area contributed by atoms with Crippen molar-refractivity contribution in [2.24, 2.45) is 0 Å². The molecule has 1 N–H and O–H groups in total. The summed E-state index contributed by atoms with van der Waals surface area (Å²) in [5.74, 6) is 0. The van der Waals surface area contributed by atoms with Crippen LogP contribution >= 0.6 is 46.3 Å². The Hall–Kier alpha value is 0.0500. The first-order valence-corrected chi connectivity index (χ1v) is 7.53. The highest BCUT2D eigenvalue weighted by atomic mass is 127. The molecule has 0 aliphatic heterocycles. The van der Waals surface area contributed by atoms with Crippen molar-refractivity contribution in [1.82, 2.24) is 3.97 Å². The van der Waals surface area contributed by atoms with Crippen LogP contribution in [0, 0.1) is 0 Å². The standard InChI is InChI=1S/C7H5BrIN2OS/c8-6-4-11(13-9)7-1-2-10(12)3-5(6)7/h1-4,12H/q+1. The summed E-state index contributed by atoms with van der Waals surface area (Å²) >= 11 is 5.64. The molecule has 0 aliphatic rings. The Kier molecular flexibility index (Phi) is 2.70. The molecule has 0 bridgehead atoms. The highest BCUT2D eigenvalue weighted by Gasteiger charge is 2.10. The third-order valence-electron chi connectivity index (χ3n) is 1.72. The van der Waals surface area contributed by atoms with Crippen molar-refractivity contribution in [3.05, 3.63) is 29.1 Å². The number of halogens is 2. The maximum Gasteiger partial charge on any atom is 0.232 e. The van der Waals surface area contributed by atoms with E-state index in [0.717, 1.165) is 20.1 Å². The molecule has 0 aromatic carbocycles. The van der Waals surface area contributed by atoms with Gasteiger partial charge in [0.1, 0.15) is 0 Å². The number of nitrogens with zero attached hydrogens (tertiary/aromatic N) is 2. The van der Waals surface area contributed by atoms with E-state index in [1.165, 1.54) is 0 Å². The van der Waals surface area contributed by atoms with Crippen molar-refractivity contribution in [3.63, 3.8) is 0 Å². The fourth-order valence-corrected chi connectivity index (χ4v) is 3.16. The summed E-state index contributed by atoms with van der Waals surface area (Å²) in [5, 5.41) is 10.2. The molecule has 3 nitrogen and oxygen atoms in total. The summed E-state index contributed by atoms with van der Waals surface area (Å²) in [7, 11) is 1.59. The topological polar surface area (TPSA) is 29.0 Å². The van der Waals surface area contributed by atoms with Crippen LogP contribution in [-0.4, -0.2) is 9.18 Å². The van der Waals surface area contributed by atoms with E-state index in [4.69, 9.17) is 0 Å². The Balaban J connectivity index is 2.80. The second kappa shape index (κ2) is 3.66. The van der Waals surface area contributed by atoms with Gasteiger partial charge in [0.05, 0.1) is 15.4 Å². The molecule has 2 aromatic rings. The molecule has 13 heavy (non-hydrogen) atoms. The van der Waals surface area contributed by atoms with Gasteiger partial charge in [-0.25, -0.2) is 0 Å². The normalized spacial score (nSPS) is 10.9. The van der Waals surface area contributed by atoms with Crippen LogP contribution < -0.4 is 4.73 Å². The quantitative estimate of drug-likeness (QED) is 0.474. The first-order valence-electron chi connectivity index (χ1n) is 3.42. The van der Waals surface area contributed by atoms with E-state index in [0.29, 0.717) is 0 Å². The Bertz CT molecular complexity index is 459. The monoisotopic (exact) mass is 371 g/mol. The van der Waals surface area contributed by atoms with Gasteiger partial charge in [-0.2, -0.15) is 0 Å². The summed E-state index contributed by atoms with van der Waals surface area (Å²) in [6.07, 6.45) is 5.25. The summed E-state index contributed by atoms with van der Waals surface area (Å²) < 4.78 is 4.06. The van der Waals surface area contributed by atoms with Crippen LogP contribution in [0.4, 0.5) is 0 Å². The van der Waals surface area contributed by atoms with Crippen molar-refractivity contribution in [3.8, 4) is 0 Å². The van der Waals surface area contributed by atoms with Crippen molar-refractivity contribution in [2.75, 3.05) is 0 Å². The highest BCUT2D eigenvalue weighted by molar-refractivity contribution is 14.2. The minimum atomic E-state index is 0.982. The molecule has 0 fully saturated rings. The molecule has 2 rings (SSSR count). The fraction of sp³-hybridized carbons (Fsp3) is 0. The lowest BCUT2D eigenvalue weighted by Gasteiger charge is -1.93. The summed E-state index contributed by atoms with van der Waals surface area (Å²) in [5.41, 5.74) is 1.08. The predicted octanol–water partition coefficient (Wildman–Crippen LogP) is 2.77. The second-order valence-corrected chi connectivity index (χ2v) is 5.06. The third kappa shape index (κ3) is 1.66. The molecule has 0 spiro atoms. The van der Waals surface area contributed by atoms with Crippen molar-refractivity contribution in [2.45, 2.75) is 0 Å². The van der Waals surface area contributed by atoms with Crippen LogP contribution in [-0.2, 0) is 0 Å². The molecule has 2 heterocycles. The van der Waals surface area contributed by atoms with E-state index < -0.39 is 0 Å². The number of fused-ring (bicyclic) bond motifs is 1. The number of hydrogen-bond acceptors (Lipinski definition) is 2. The molecule has 0 saturated heterocycles. The fourth-order valence-electron chi connectivity index (χ4n) is 1.15. The van der Waals surface area contributed by atoms with E-state index in [9.17, 15) is 5.21 Å². The van der Waals surface area contributed by atoms with Crippen LogP contribution in [0.5, 0.6) is 0 Å². The summed E-state index contributed by atoms with van der Waals surface area (Å²) in [4.78, 5) is 0. The molecule has 0 amide bonds. The van der Waals surface area contributed by atoms with Gasteiger partial charge in [0.15, 0.2) is 0 Å². The number of aromatic nitrogens is 2. The first kappa shape index (κ1) is 9.60. The lowest BCUT2D eigenvalue weighted by atomic mass is 10.3. The van der Waals surface area contributed by atoms with E-state index in [1.807, 2.05) is 16.2 Å². The zero-order valence-electron chi connectivity index (χ0n) is 6.32. The van der Waals surface area contributed by atoms with Crippen LogP contribution in [0.1, 0.15) is 0 Å². The molecule has 2 aromatic heterocycles. The van der Waals surface area contributed by atoms with Gasteiger partial charge in [0, 0.05) is 47.3 Å². The average molecular weight is 372 g/mol. The van der Waals surface area contributed by atoms with Gasteiger partial charge < -0.3 is 0 Å². The minimum Gasteiger partial charge on any atom is -0.285 e. The third-order valence-corrected chi connectivity index (χ3v) is 4.08. The molecule has 6 heteroatoms. The molecule has 0 unspecified atom stereocenters. The Morgan fingerprint density at radius 3 is 3.08 bits per heavy atom. The van der Waals surface area contributed by atoms with Gasteiger partial charge in [0.2, 0.25) is 12.4 Å². The molecular weight excluding hydrogens is 367 g/mol. The van der Waals surface area contributed by atoms with Gasteiger partial charge in [-0.3, -0.25) is 9.18 Å². The van der Waals surface area contributed by atoms with Gasteiger partial charge >= 0.3 is 0 Å². The van der Waals surface area contributed by atoms with Crippen molar-refractivity contribution in [1.29, 1.82) is 0 Å². The minimum absolute atomic E-state index is 0.982. The van der Waals surface area contributed by atoms with Gasteiger partial charge in [0.25, 0.3) is 0 Å². The Morgan fingerprint density at radius 1 is 1.62 bits per heavy atom. The summed E-state index contributed by atoms with van der Waals surface area (Å²) in [6.45, 7) is 0. The Labute approximate surface area is 99.5 Å². The van der Waals surface area contributed by atoms with Gasteiger partial charge in [-0.1, -0.05) is 0 Å². The lowest BCUT2D eigenvalue weighted by molar-refractivity contribution is -0.904.